The van der Waals surface area contributed by atoms with E-state index >= 15 is 0 Å². The van der Waals surface area contributed by atoms with Crippen LogP contribution in [0.15, 0.2) is 59.5 Å². The molecule has 1 aromatic heterocycles. The second-order valence-corrected chi connectivity index (χ2v) is 7.86. The van der Waals surface area contributed by atoms with E-state index in [1.165, 1.54) is 18.2 Å². The lowest BCUT2D eigenvalue weighted by molar-refractivity contribution is -0.122. The van der Waals surface area contributed by atoms with Gasteiger partial charge in [-0.15, -0.1) is 0 Å². The van der Waals surface area contributed by atoms with Crippen molar-refractivity contribution < 1.29 is 23.5 Å². The Balaban J connectivity index is 1.38. The van der Waals surface area contributed by atoms with E-state index in [1.807, 2.05) is 6.07 Å². The number of carbonyl (C=O) groups excluding carboxylic acids is 3. The lowest BCUT2D eigenvalue weighted by Gasteiger charge is -2.13. The highest BCUT2D eigenvalue weighted by Crippen LogP contribution is 2.32. The summed E-state index contributed by atoms with van der Waals surface area (Å²) in [5.74, 6) is -0.725. The first-order valence-electron chi connectivity index (χ1n) is 9.69. The van der Waals surface area contributed by atoms with Gasteiger partial charge in [0.1, 0.15) is 17.3 Å². The molecule has 1 saturated heterocycles. The van der Waals surface area contributed by atoms with Crippen LogP contribution in [0.3, 0.4) is 0 Å². The van der Waals surface area contributed by atoms with E-state index < -0.39 is 22.9 Å². The maximum absolute atomic E-state index is 13.8. The summed E-state index contributed by atoms with van der Waals surface area (Å²) in [6, 6.07) is 14.7. The van der Waals surface area contributed by atoms with Crippen LogP contribution in [0.2, 0.25) is 0 Å². The molecule has 0 unspecified atom stereocenters. The van der Waals surface area contributed by atoms with Crippen molar-refractivity contribution in [3.8, 4) is 5.75 Å². The Morgan fingerprint density at radius 1 is 1.19 bits per heavy atom. The molecule has 4 rings (SSSR count). The van der Waals surface area contributed by atoms with Gasteiger partial charge in [0, 0.05) is 24.0 Å². The molecule has 0 spiro atoms. The number of hydrogen-bond donors (Lipinski definition) is 1. The standard InChI is InChI=1S/C23H18FN3O4S/c1-31-16-7-9-18-15(12-16)6-8-19(26-18)21(28)25-10-11-27-22(29)20(32-23(27)30)13-14-4-2-3-5-17(14)24/h2-9,12-13H,10-11H2,1H3,(H,25,28)/b20-13-. The Labute approximate surface area is 187 Å². The minimum absolute atomic E-state index is 0.00417. The van der Waals surface area contributed by atoms with Gasteiger partial charge in [-0.05, 0) is 48.2 Å². The number of carbonyl (C=O) groups is 3. The summed E-state index contributed by atoms with van der Waals surface area (Å²) in [6.07, 6.45) is 1.35. The lowest BCUT2D eigenvalue weighted by atomic mass is 10.2. The van der Waals surface area contributed by atoms with Crippen LogP contribution in [0, 0.1) is 5.82 Å². The fourth-order valence-corrected chi connectivity index (χ4v) is 4.01. The second kappa shape index (κ2) is 9.19. The summed E-state index contributed by atoms with van der Waals surface area (Å²) in [4.78, 5) is 42.7. The molecule has 1 fully saturated rings. The molecule has 0 saturated carbocycles. The average molecular weight is 451 g/mol. The Morgan fingerprint density at radius 3 is 2.78 bits per heavy atom. The number of halogens is 1. The Bertz CT molecular complexity index is 1260. The molecule has 2 heterocycles. The molecule has 3 aromatic rings. The zero-order valence-corrected chi connectivity index (χ0v) is 17.8. The molecule has 1 aliphatic heterocycles. The summed E-state index contributed by atoms with van der Waals surface area (Å²) in [5.41, 5.74) is 1.09. The number of aromatic nitrogens is 1. The summed E-state index contributed by atoms with van der Waals surface area (Å²) in [7, 11) is 1.57. The number of pyridine rings is 1. The normalized spacial score (nSPS) is 14.9. The summed E-state index contributed by atoms with van der Waals surface area (Å²) >= 11 is 0.742. The molecule has 9 heteroatoms. The van der Waals surface area contributed by atoms with Gasteiger partial charge in [-0.3, -0.25) is 19.3 Å². The molecule has 3 amide bonds. The molecule has 7 nitrogen and oxygen atoms in total. The minimum Gasteiger partial charge on any atom is -0.497 e. The van der Waals surface area contributed by atoms with Crippen molar-refractivity contribution in [1.29, 1.82) is 0 Å². The van der Waals surface area contributed by atoms with Crippen LogP contribution in [0.1, 0.15) is 16.1 Å². The fraction of sp³-hybridized carbons (Fsp3) is 0.130. The van der Waals surface area contributed by atoms with Gasteiger partial charge >= 0.3 is 0 Å². The molecule has 32 heavy (non-hydrogen) atoms. The van der Waals surface area contributed by atoms with Crippen LogP contribution in [0.25, 0.3) is 17.0 Å². The van der Waals surface area contributed by atoms with Crippen molar-refractivity contribution in [2.45, 2.75) is 0 Å². The summed E-state index contributed by atoms with van der Waals surface area (Å²) in [5, 5.41) is 3.03. The number of nitrogens with zero attached hydrogens (tertiary/aromatic N) is 2. The van der Waals surface area contributed by atoms with E-state index in [0.717, 1.165) is 22.0 Å². The SMILES string of the molecule is COc1ccc2nc(C(=O)NCCN3C(=O)S/C(=C\c4ccccc4F)C3=O)ccc2c1. The van der Waals surface area contributed by atoms with Crippen LogP contribution in [-0.4, -0.2) is 47.1 Å². The zero-order valence-electron chi connectivity index (χ0n) is 17.0. The van der Waals surface area contributed by atoms with E-state index in [9.17, 15) is 18.8 Å². The number of thioether (sulfide) groups is 1. The van der Waals surface area contributed by atoms with E-state index in [1.54, 1.807) is 43.5 Å². The third-order valence-corrected chi connectivity index (χ3v) is 5.72. The van der Waals surface area contributed by atoms with Gasteiger partial charge in [-0.2, -0.15) is 0 Å². The van der Waals surface area contributed by atoms with Gasteiger partial charge in [0.05, 0.1) is 17.5 Å². The van der Waals surface area contributed by atoms with E-state index in [4.69, 9.17) is 4.74 Å². The smallest absolute Gasteiger partial charge is 0.293 e. The maximum Gasteiger partial charge on any atom is 0.293 e. The number of fused-ring (bicyclic) bond motifs is 1. The highest BCUT2D eigenvalue weighted by molar-refractivity contribution is 8.18. The van der Waals surface area contributed by atoms with Crippen molar-refractivity contribution in [2.75, 3.05) is 20.2 Å². The van der Waals surface area contributed by atoms with Crippen LogP contribution in [-0.2, 0) is 4.79 Å². The molecule has 1 aliphatic rings. The number of benzene rings is 2. The first-order chi connectivity index (χ1) is 15.5. The van der Waals surface area contributed by atoms with Crippen molar-refractivity contribution >= 4 is 45.8 Å². The molecule has 0 radical (unpaired) electrons. The van der Waals surface area contributed by atoms with Gasteiger partial charge in [-0.25, -0.2) is 9.37 Å². The van der Waals surface area contributed by atoms with Gasteiger partial charge in [0.2, 0.25) is 0 Å². The molecular formula is C23H18FN3O4S. The third kappa shape index (κ3) is 4.47. The van der Waals surface area contributed by atoms with E-state index in [0.29, 0.717) is 11.3 Å². The Hall–Kier alpha value is -3.72. The van der Waals surface area contributed by atoms with Crippen molar-refractivity contribution in [2.24, 2.45) is 0 Å². The number of hydrogen-bond acceptors (Lipinski definition) is 6. The molecule has 1 N–H and O–H groups in total. The highest BCUT2D eigenvalue weighted by Gasteiger charge is 2.34. The Kier molecular flexibility index (Phi) is 6.18. The number of ether oxygens (including phenoxy) is 1. The van der Waals surface area contributed by atoms with Crippen LogP contribution >= 0.6 is 11.8 Å². The predicted molar refractivity (Wildman–Crippen MR) is 120 cm³/mol. The first-order valence-corrected chi connectivity index (χ1v) is 10.5. The number of methoxy groups -OCH3 is 1. The van der Waals surface area contributed by atoms with Crippen LogP contribution < -0.4 is 10.1 Å². The number of rotatable bonds is 6. The van der Waals surface area contributed by atoms with E-state index in [-0.39, 0.29) is 29.3 Å². The fourth-order valence-electron chi connectivity index (χ4n) is 3.16. The van der Waals surface area contributed by atoms with Gasteiger partial charge in [0.25, 0.3) is 17.1 Å². The highest BCUT2D eigenvalue weighted by atomic mass is 32.2. The van der Waals surface area contributed by atoms with Crippen molar-refractivity contribution in [3.05, 3.63) is 76.6 Å². The van der Waals surface area contributed by atoms with Crippen LogP contribution in [0.4, 0.5) is 9.18 Å². The summed E-state index contributed by atoms with van der Waals surface area (Å²) < 4.78 is 19.0. The molecule has 0 atom stereocenters. The number of amides is 3. The third-order valence-electron chi connectivity index (χ3n) is 4.82. The monoisotopic (exact) mass is 451 g/mol. The van der Waals surface area contributed by atoms with Crippen molar-refractivity contribution in [1.82, 2.24) is 15.2 Å². The zero-order chi connectivity index (χ0) is 22.7. The second-order valence-electron chi connectivity index (χ2n) is 6.87. The van der Waals surface area contributed by atoms with Crippen molar-refractivity contribution in [3.63, 3.8) is 0 Å². The molecule has 162 valence electrons. The average Bonchev–Trinajstić information content (AvgIpc) is 3.07. The maximum atomic E-state index is 13.8. The number of nitrogens with one attached hydrogen (secondary N) is 1. The largest absolute Gasteiger partial charge is 0.497 e. The molecule has 2 aromatic carbocycles. The van der Waals surface area contributed by atoms with E-state index in [2.05, 4.69) is 10.3 Å². The molecular weight excluding hydrogens is 433 g/mol. The number of imide groups is 1. The minimum atomic E-state index is -0.518. The molecule has 0 bridgehead atoms. The first kappa shape index (κ1) is 21.5. The summed E-state index contributed by atoms with van der Waals surface area (Å²) in [6.45, 7) is 0.0575. The quantitative estimate of drug-likeness (QED) is 0.573. The van der Waals surface area contributed by atoms with Crippen LogP contribution in [0.5, 0.6) is 5.75 Å². The van der Waals surface area contributed by atoms with Gasteiger partial charge in [0.15, 0.2) is 0 Å². The topological polar surface area (TPSA) is 88.6 Å². The van der Waals surface area contributed by atoms with Gasteiger partial charge in [-0.1, -0.05) is 24.3 Å². The van der Waals surface area contributed by atoms with Gasteiger partial charge < -0.3 is 10.1 Å². The molecule has 0 aliphatic carbocycles. The lowest BCUT2D eigenvalue weighted by Crippen LogP contribution is -2.37. The Morgan fingerprint density at radius 2 is 2.00 bits per heavy atom. The predicted octanol–water partition coefficient (Wildman–Crippen LogP) is 3.85.